The second-order valence-corrected chi connectivity index (χ2v) is 3.28. The molecule has 0 aliphatic heterocycles. The Kier molecular flexibility index (Phi) is 4.89. The van der Waals surface area contributed by atoms with Crippen molar-refractivity contribution < 1.29 is 19.0 Å². The maximum absolute atomic E-state index is 10.9. The van der Waals surface area contributed by atoms with Crippen molar-refractivity contribution in [2.75, 3.05) is 20.3 Å². The van der Waals surface area contributed by atoms with Crippen LogP contribution in [0, 0.1) is 19.3 Å². The first kappa shape index (κ1) is 12.9. The molecule has 90 valence electrons. The predicted molar refractivity (Wildman–Crippen MR) is 63.0 cm³/mol. The lowest BCUT2D eigenvalue weighted by Crippen LogP contribution is -2.13. The Balaban J connectivity index is 2.63. The number of hydrogen-bond acceptors (Lipinski definition) is 4. The molecule has 0 aromatic heterocycles. The van der Waals surface area contributed by atoms with Crippen LogP contribution in [0.5, 0.6) is 11.5 Å². The molecule has 0 spiro atoms. The van der Waals surface area contributed by atoms with Gasteiger partial charge in [0.25, 0.3) is 0 Å². The summed E-state index contributed by atoms with van der Waals surface area (Å²) in [6, 6.07) is 5.25. The molecule has 0 saturated heterocycles. The van der Waals surface area contributed by atoms with Crippen LogP contribution in [0.15, 0.2) is 18.2 Å². The molecule has 0 aliphatic carbocycles. The molecule has 0 atom stereocenters. The number of carbonyl (C=O) groups excluding carboxylic acids is 1. The van der Waals surface area contributed by atoms with Crippen LogP contribution in [0.1, 0.15) is 5.56 Å². The Morgan fingerprint density at radius 2 is 2.18 bits per heavy atom. The van der Waals surface area contributed by atoms with Crippen LogP contribution in [0.2, 0.25) is 0 Å². The number of rotatable bonds is 5. The van der Waals surface area contributed by atoms with Gasteiger partial charge in [-0.2, -0.15) is 0 Å². The molecule has 17 heavy (non-hydrogen) atoms. The van der Waals surface area contributed by atoms with Gasteiger partial charge in [-0.3, -0.25) is 0 Å². The zero-order valence-electron chi connectivity index (χ0n) is 9.86. The zero-order chi connectivity index (χ0) is 12.7. The van der Waals surface area contributed by atoms with Crippen molar-refractivity contribution in [2.24, 2.45) is 0 Å². The van der Waals surface area contributed by atoms with Crippen LogP contribution < -0.4 is 9.47 Å². The van der Waals surface area contributed by atoms with E-state index in [1.54, 1.807) is 18.2 Å². The molecule has 1 aromatic rings. The maximum Gasteiger partial charge on any atom is 0.343 e. The van der Waals surface area contributed by atoms with E-state index in [9.17, 15) is 4.79 Å². The Hall–Kier alpha value is -2.15. The minimum atomic E-state index is -0.419. The Labute approximate surface area is 100 Å². The van der Waals surface area contributed by atoms with Gasteiger partial charge in [-0.05, 0) is 30.7 Å². The lowest BCUT2D eigenvalue weighted by atomic mass is 10.2. The zero-order valence-corrected chi connectivity index (χ0v) is 9.86. The van der Waals surface area contributed by atoms with Gasteiger partial charge in [0.2, 0.25) is 0 Å². The fraction of sp³-hybridized carbons (Fsp3) is 0.308. The van der Waals surface area contributed by atoms with Crippen LogP contribution >= 0.6 is 0 Å². The van der Waals surface area contributed by atoms with E-state index in [-0.39, 0.29) is 13.2 Å². The molecule has 1 aromatic carbocycles. The third kappa shape index (κ3) is 4.07. The van der Waals surface area contributed by atoms with E-state index in [2.05, 4.69) is 10.7 Å². The quantitative estimate of drug-likeness (QED) is 0.573. The van der Waals surface area contributed by atoms with Gasteiger partial charge in [0.15, 0.2) is 6.61 Å². The Morgan fingerprint density at radius 3 is 2.76 bits per heavy atom. The molecule has 0 radical (unpaired) electrons. The van der Waals surface area contributed by atoms with Crippen molar-refractivity contribution in [3.63, 3.8) is 0 Å². The van der Waals surface area contributed by atoms with E-state index in [1.807, 2.05) is 6.92 Å². The topological polar surface area (TPSA) is 44.8 Å². The standard InChI is InChI=1S/C13H14O4/c1-4-7-16-11-5-6-12(10(2)8-11)17-9-13(14)15-3/h1,5-6,8H,7,9H2,2-3H3. The van der Waals surface area contributed by atoms with E-state index in [4.69, 9.17) is 15.9 Å². The van der Waals surface area contributed by atoms with Gasteiger partial charge in [-0.25, -0.2) is 4.79 Å². The number of ether oxygens (including phenoxy) is 3. The van der Waals surface area contributed by atoms with Gasteiger partial charge in [0.05, 0.1) is 7.11 Å². The van der Waals surface area contributed by atoms with Crippen molar-refractivity contribution in [3.05, 3.63) is 23.8 Å². The summed E-state index contributed by atoms with van der Waals surface area (Å²) in [7, 11) is 1.31. The number of esters is 1. The largest absolute Gasteiger partial charge is 0.482 e. The van der Waals surface area contributed by atoms with E-state index >= 15 is 0 Å². The smallest absolute Gasteiger partial charge is 0.343 e. The van der Waals surface area contributed by atoms with Crippen molar-refractivity contribution in [2.45, 2.75) is 6.92 Å². The summed E-state index contributed by atoms with van der Waals surface area (Å²) < 4.78 is 15.0. The number of hydrogen-bond donors (Lipinski definition) is 0. The number of methoxy groups -OCH3 is 1. The molecule has 0 saturated carbocycles. The van der Waals surface area contributed by atoms with Gasteiger partial charge >= 0.3 is 5.97 Å². The average molecular weight is 234 g/mol. The Morgan fingerprint density at radius 1 is 1.41 bits per heavy atom. The van der Waals surface area contributed by atoms with E-state index in [1.165, 1.54) is 7.11 Å². The summed E-state index contributed by atoms with van der Waals surface area (Å²) in [6.45, 7) is 1.97. The highest BCUT2D eigenvalue weighted by atomic mass is 16.6. The summed E-state index contributed by atoms with van der Waals surface area (Å²) >= 11 is 0. The highest BCUT2D eigenvalue weighted by molar-refractivity contribution is 5.70. The average Bonchev–Trinajstić information content (AvgIpc) is 2.34. The molecule has 0 unspecified atom stereocenters. The van der Waals surface area contributed by atoms with Gasteiger partial charge in [-0.1, -0.05) is 5.92 Å². The summed E-state index contributed by atoms with van der Waals surface area (Å²) in [5.41, 5.74) is 0.864. The molecule has 4 heteroatoms. The fourth-order valence-electron chi connectivity index (χ4n) is 1.19. The SMILES string of the molecule is C#CCOc1ccc(OCC(=O)OC)c(C)c1. The van der Waals surface area contributed by atoms with Crippen molar-refractivity contribution in [1.82, 2.24) is 0 Å². The normalized spacial score (nSPS) is 9.24. The second kappa shape index (κ2) is 6.44. The van der Waals surface area contributed by atoms with E-state index in [0.29, 0.717) is 11.5 Å². The first-order valence-electron chi connectivity index (χ1n) is 5.04. The molecule has 0 heterocycles. The van der Waals surface area contributed by atoms with Gasteiger partial charge < -0.3 is 14.2 Å². The number of terminal acetylenes is 1. The minimum absolute atomic E-state index is 0.109. The van der Waals surface area contributed by atoms with Crippen LogP contribution in [-0.4, -0.2) is 26.3 Å². The minimum Gasteiger partial charge on any atom is -0.482 e. The fourth-order valence-corrected chi connectivity index (χ4v) is 1.19. The molecule has 0 fully saturated rings. The summed E-state index contributed by atoms with van der Waals surface area (Å²) in [5, 5.41) is 0. The molecule has 0 bridgehead atoms. The van der Waals surface area contributed by atoms with Crippen molar-refractivity contribution in [3.8, 4) is 23.8 Å². The molecule has 0 amide bonds. The lowest BCUT2D eigenvalue weighted by Gasteiger charge is -2.09. The van der Waals surface area contributed by atoms with Crippen LogP contribution in [0.4, 0.5) is 0 Å². The third-order valence-electron chi connectivity index (χ3n) is 2.04. The summed E-state index contributed by atoms with van der Waals surface area (Å²) in [4.78, 5) is 10.9. The first-order valence-corrected chi connectivity index (χ1v) is 5.04. The number of benzene rings is 1. The summed E-state index contributed by atoms with van der Waals surface area (Å²) in [5.74, 6) is 3.25. The van der Waals surface area contributed by atoms with Crippen LogP contribution in [0.3, 0.4) is 0 Å². The summed E-state index contributed by atoms with van der Waals surface area (Å²) in [6.07, 6.45) is 5.09. The molecular formula is C13H14O4. The third-order valence-corrected chi connectivity index (χ3v) is 2.04. The number of carbonyl (C=O) groups is 1. The highest BCUT2D eigenvalue weighted by Crippen LogP contribution is 2.23. The second-order valence-electron chi connectivity index (χ2n) is 3.28. The first-order chi connectivity index (χ1) is 8.17. The van der Waals surface area contributed by atoms with E-state index < -0.39 is 5.97 Å². The predicted octanol–water partition coefficient (Wildman–Crippen LogP) is 1.56. The van der Waals surface area contributed by atoms with Gasteiger partial charge in [-0.15, -0.1) is 6.42 Å². The molecule has 0 N–H and O–H groups in total. The molecular weight excluding hydrogens is 220 g/mol. The Bertz CT molecular complexity index is 432. The monoisotopic (exact) mass is 234 g/mol. The van der Waals surface area contributed by atoms with Crippen LogP contribution in [-0.2, 0) is 9.53 Å². The van der Waals surface area contributed by atoms with Crippen LogP contribution in [0.25, 0.3) is 0 Å². The van der Waals surface area contributed by atoms with E-state index in [0.717, 1.165) is 5.56 Å². The maximum atomic E-state index is 10.9. The van der Waals surface area contributed by atoms with Gasteiger partial charge in [0, 0.05) is 0 Å². The van der Waals surface area contributed by atoms with Gasteiger partial charge in [0.1, 0.15) is 18.1 Å². The van der Waals surface area contributed by atoms with Crippen molar-refractivity contribution in [1.29, 1.82) is 0 Å². The highest BCUT2D eigenvalue weighted by Gasteiger charge is 2.05. The molecule has 1 rings (SSSR count). The van der Waals surface area contributed by atoms with Crippen molar-refractivity contribution >= 4 is 5.97 Å². The lowest BCUT2D eigenvalue weighted by molar-refractivity contribution is -0.142. The number of aryl methyl sites for hydroxylation is 1. The molecule has 0 aliphatic rings. The molecule has 4 nitrogen and oxygen atoms in total.